The van der Waals surface area contributed by atoms with E-state index in [1.807, 2.05) is 43.3 Å². The summed E-state index contributed by atoms with van der Waals surface area (Å²) in [6.45, 7) is 4.79. The van der Waals surface area contributed by atoms with Gasteiger partial charge < -0.3 is 9.47 Å². The first-order valence-corrected chi connectivity index (χ1v) is 7.67. The van der Waals surface area contributed by atoms with Gasteiger partial charge in [0.1, 0.15) is 11.5 Å². The van der Waals surface area contributed by atoms with E-state index in [1.165, 1.54) is 5.56 Å². The van der Waals surface area contributed by atoms with Gasteiger partial charge in [-0.3, -0.25) is 0 Å². The van der Waals surface area contributed by atoms with Gasteiger partial charge in [0.2, 0.25) is 0 Å². The summed E-state index contributed by atoms with van der Waals surface area (Å²) in [4.78, 5) is 0. The van der Waals surface area contributed by atoms with Gasteiger partial charge in [-0.1, -0.05) is 37.6 Å². The van der Waals surface area contributed by atoms with Gasteiger partial charge in [-0.05, 0) is 55.4 Å². The molecular weight excluding hydrogens is 280 g/mol. The lowest BCUT2D eigenvalue weighted by atomic mass is 10.1. The van der Waals surface area contributed by atoms with Crippen LogP contribution in [-0.2, 0) is 6.42 Å². The number of hydrogen-bond acceptors (Lipinski definition) is 3. The van der Waals surface area contributed by atoms with Gasteiger partial charge in [-0.2, -0.15) is 0 Å². The molecule has 0 bridgehead atoms. The van der Waals surface area contributed by atoms with Crippen LogP contribution in [0, 0.1) is 0 Å². The van der Waals surface area contributed by atoms with Crippen molar-refractivity contribution in [1.82, 2.24) is 0 Å². The van der Waals surface area contributed by atoms with E-state index in [0.29, 0.717) is 11.7 Å². The topological polar surface area (TPSA) is 18.5 Å². The minimum atomic E-state index is 0.488. The summed E-state index contributed by atoms with van der Waals surface area (Å²) in [6, 6.07) is 15.7. The molecule has 0 atom stereocenters. The van der Waals surface area contributed by atoms with Gasteiger partial charge in [-0.15, -0.1) is 0 Å². The van der Waals surface area contributed by atoms with Crippen LogP contribution in [0.1, 0.15) is 31.4 Å². The average molecular weight is 300 g/mol. The number of aryl methyl sites for hydroxylation is 1. The molecule has 0 heterocycles. The number of ether oxygens (including phenoxy) is 2. The van der Waals surface area contributed by atoms with Crippen LogP contribution in [0.5, 0.6) is 11.5 Å². The fourth-order valence-electron chi connectivity index (χ4n) is 2.03. The molecule has 0 saturated carbocycles. The first-order valence-electron chi connectivity index (χ1n) is 7.27. The zero-order chi connectivity index (χ0) is 15.1. The van der Waals surface area contributed by atoms with Gasteiger partial charge in [0.25, 0.3) is 0 Å². The number of rotatable bonds is 6. The Kier molecular flexibility index (Phi) is 5.76. The van der Waals surface area contributed by atoms with Crippen molar-refractivity contribution in [3.63, 3.8) is 0 Å². The summed E-state index contributed by atoms with van der Waals surface area (Å²) in [6.07, 6.45) is 2.24. The maximum absolute atomic E-state index is 5.71. The number of benzene rings is 2. The molecule has 0 unspecified atom stereocenters. The molecule has 110 valence electrons. The van der Waals surface area contributed by atoms with E-state index in [1.54, 1.807) is 0 Å². The lowest BCUT2D eigenvalue weighted by Crippen LogP contribution is -2.07. The highest BCUT2D eigenvalue weighted by Crippen LogP contribution is 2.19. The Balaban J connectivity index is 2.00. The summed E-state index contributed by atoms with van der Waals surface area (Å²) in [7, 11) is 0. The average Bonchev–Trinajstić information content (AvgIpc) is 2.50. The van der Waals surface area contributed by atoms with Gasteiger partial charge >= 0.3 is 0 Å². The molecule has 0 aliphatic carbocycles. The minimum absolute atomic E-state index is 0.488. The molecule has 0 aliphatic heterocycles. The Bertz CT molecular complexity index is 573. The molecule has 0 spiro atoms. The number of hydrogen-bond donors (Lipinski definition) is 0. The zero-order valence-electron chi connectivity index (χ0n) is 12.5. The Labute approximate surface area is 131 Å². The normalized spacial score (nSPS) is 10.2. The highest BCUT2D eigenvalue weighted by Gasteiger charge is 2.04. The first kappa shape index (κ1) is 15.5. The zero-order valence-corrected chi connectivity index (χ0v) is 13.3. The largest absolute Gasteiger partial charge is 0.494 e. The fraction of sp³-hybridized carbons (Fsp3) is 0.278. The SMILES string of the molecule is CCCc1ccc(C(=S)Oc2ccc(OCC)cc2)cc1. The van der Waals surface area contributed by atoms with Gasteiger partial charge in [0, 0.05) is 5.56 Å². The molecule has 21 heavy (non-hydrogen) atoms. The summed E-state index contributed by atoms with van der Waals surface area (Å²) in [5, 5.41) is 0.488. The van der Waals surface area contributed by atoms with Crippen molar-refractivity contribution < 1.29 is 9.47 Å². The van der Waals surface area contributed by atoms with Gasteiger partial charge in [0.05, 0.1) is 6.61 Å². The van der Waals surface area contributed by atoms with Gasteiger partial charge in [-0.25, -0.2) is 0 Å². The van der Waals surface area contributed by atoms with E-state index in [-0.39, 0.29) is 0 Å². The molecule has 0 N–H and O–H groups in total. The van der Waals surface area contributed by atoms with Gasteiger partial charge in [0.15, 0.2) is 5.05 Å². The fourth-order valence-corrected chi connectivity index (χ4v) is 2.27. The quantitative estimate of drug-likeness (QED) is 0.714. The Hall–Kier alpha value is -1.87. The molecule has 0 aliphatic rings. The second-order valence-electron chi connectivity index (χ2n) is 4.74. The Morgan fingerprint density at radius 2 is 1.52 bits per heavy atom. The summed E-state index contributed by atoms with van der Waals surface area (Å²) < 4.78 is 11.1. The molecule has 0 saturated heterocycles. The molecule has 0 aromatic heterocycles. The van der Waals surface area contributed by atoms with Crippen molar-refractivity contribution in [1.29, 1.82) is 0 Å². The predicted octanol–water partition coefficient (Wildman–Crippen LogP) is 4.79. The lowest BCUT2D eigenvalue weighted by Gasteiger charge is -2.09. The third-order valence-electron chi connectivity index (χ3n) is 3.07. The molecule has 2 aromatic carbocycles. The number of thiocarbonyl (C=S) groups is 1. The van der Waals surface area contributed by atoms with Crippen LogP contribution in [0.25, 0.3) is 0 Å². The smallest absolute Gasteiger partial charge is 0.198 e. The van der Waals surface area contributed by atoms with Crippen molar-refractivity contribution in [2.24, 2.45) is 0 Å². The standard InChI is InChI=1S/C18H20O2S/c1-3-5-14-6-8-15(9-7-14)18(21)20-17-12-10-16(11-13-17)19-4-2/h6-13H,3-5H2,1-2H3. The minimum Gasteiger partial charge on any atom is -0.494 e. The van der Waals surface area contributed by atoms with Crippen LogP contribution in [0.2, 0.25) is 0 Å². The van der Waals surface area contributed by atoms with Crippen molar-refractivity contribution in [2.45, 2.75) is 26.7 Å². The van der Waals surface area contributed by atoms with E-state index < -0.39 is 0 Å². The van der Waals surface area contributed by atoms with Crippen molar-refractivity contribution in [3.05, 3.63) is 59.7 Å². The molecule has 2 rings (SSSR count). The van der Waals surface area contributed by atoms with Crippen molar-refractivity contribution in [2.75, 3.05) is 6.61 Å². The van der Waals surface area contributed by atoms with Crippen molar-refractivity contribution in [3.8, 4) is 11.5 Å². The molecule has 2 nitrogen and oxygen atoms in total. The second kappa shape index (κ2) is 7.79. The molecular formula is C18H20O2S. The monoisotopic (exact) mass is 300 g/mol. The van der Waals surface area contributed by atoms with Crippen LogP contribution in [-0.4, -0.2) is 11.7 Å². The van der Waals surface area contributed by atoms with E-state index in [4.69, 9.17) is 21.7 Å². The first-order chi connectivity index (χ1) is 10.2. The molecule has 2 aromatic rings. The Morgan fingerprint density at radius 3 is 2.10 bits per heavy atom. The predicted molar refractivity (Wildman–Crippen MR) is 90.4 cm³/mol. The van der Waals surface area contributed by atoms with E-state index >= 15 is 0 Å². The maximum atomic E-state index is 5.71. The third kappa shape index (κ3) is 4.57. The second-order valence-corrected chi connectivity index (χ2v) is 5.11. The molecule has 0 amide bonds. The van der Waals surface area contributed by atoms with Crippen LogP contribution in [0.15, 0.2) is 48.5 Å². The summed E-state index contributed by atoms with van der Waals surface area (Å²) in [5.74, 6) is 1.56. The van der Waals surface area contributed by atoms with E-state index in [9.17, 15) is 0 Å². The van der Waals surface area contributed by atoms with Crippen molar-refractivity contribution >= 4 is 17.3 Å². The molecule has 3 heteroatoms. The summed E-state index contributed by atoms with van der Waals surface area (Å²) >= 11 is 5.34. The maximum Gasteiger partial charge on any atom is 0.198 e. The highest BCUT2D eigenvalue weighted by atomic mass is 32.1. The van der Waals surface area contributed by atoms with Crippen LogP contribution >= 0.6 is 12.2 Å². The highest BCUT2D eigenvalue weighted by molar-refractivity contribution is 7.80. The third-order valence-corrected chi connectivity index (χ3v) is 3.39. The van der Waals surface area contributed by atoms with E-state index in [2.05, 4.69) is 19.1 Å². The Morgan fingerprint density at radius 1 is 0.905 bits per heavy atom. The van der Waals surface area contributed by atoms with Crippen LogP contribution in [0.3, 0.4) is 0 Å². The lowest BCUT2D eigenvalue weighted by molar-refractivity contribution is 0.340. The molecule has 0 radical (unpaired) electrons. The molecule has 0 fully saturated rings. The van der Waals surface area contributed by atoms with E-state index in [0.717, 1.165) is 29.9 Å². The van der Waals surface area contributed by atoms with Crippen LogP contribution in [0.4, 0.5) is 0 Å². The summed E-state index contributed by atoms with van der Waals surface area (Å²) in [5.41, 5.74) is 2.25. The van der Waals surface area contributed by atoms with Crippen LogP contribution < -0.4 is 9.47 Å².